The standard InChI is InChI=1S/C18H21N3O.C5H10O2/c22-18(16-10-6-12-20-16)21-17(14-7-2-1-3-8-14)13-15-9-4-5-11-19-15;1-5(2,3)7-4-6/h1-5,7-9,11,16-17,20H,6,10,12-13H2,(H,21,22);4H,1-3H3/t16-,17-;/m0./s1. The molecule has 29 heavy (non-hydrogen) atoms. The molecule has 0 aliphatic carbocycles. The Morgan fingerprint density at radius 3 is 2.48 bits per heavy atom. The van der Waals surface area contributed by atoms with Gasteiger partial charge >= 0.3 is 0 Å². The Hall–Kier alpha value is -2.73. The van der Waals surface area contributed by atoms with E-state index in [0.717, 1.165) is 30.6 Å². The van der Waals surface area contributed by atoms with Crippen LogP contribution in [0.3, 0.4) is 0 Å². The van der Waals surface area contributed by atoms with Crippen LogP contribution < -0.4 is 10.6 Å². The Morgan fingerprint density at radius 1 is 1.24 bits per heavy atom. The number of benzene rings is 1. The van der Waals surface area contributed by atoms with Gasteiger partial charge in [0.1, 0.15) is 5.60 Å². The predicted molar refractivity (Wildman–Crippen MR) is 113 cm³/mol. The summed E-state index contributed by atoms with van der Waals surface area (Å²) in [6.45, 7) is 6.85. The van der Waals surface area contributed by atoms with Gasteiger partial charge in [-0.15, -0.1) is 0 Å². The van der Waals surface area contributed by atoms with Crippen molar-refractivity contribution in [2.75, 3.05) is 6.54 Å². The molecule has 0 spiro atoms. The molecule has 0 radical (unpaired) electrons. The molecule has 1 saturated heterocycles. The maximum atomic E-state index is 12.4. The van der Waals surface area contributed by atoms with Crippen LogP contribution >= 0.6 is 0 Å². The molecule has 1 fully saturated rings. The maximum Gasteiger partial charge on any atom is 0.293 e. The molecule has 1 aromatic heterocycles. The zero-order chi connectivity index (χ0) is 21.1. The van der Waals surface area contributed by atoms with Gasteiger partial charge in [-0.25, -0.2) is 0 Å². The molecule has 2 atom stereocenters. The van der Waals surface area contributed by atoms with Gasteiger partial charge in [0.2, 0.25) is 5.91 Å². The van der Waals surface area contributed by atoms with Crippen molar-refractivity contribution in [2.45, 2.75) is 57.7 Å². The first-order valence-corrected chi connectivity index (χ1v) is 9.99. The van der Waals surface area contributed by atoms with E-state index in [1.165, 1.54) is 0 Å². The van der Waals surface area contributed by atoms with Crippen molar-refractivity contribution in [3.8, 4) is 0 Å². The molecule has 1 amide bonds. The third-order valence-electron chi connectivity index (χ3n) is 4.44. The van der Waals surface area contributed by atoms with Gasteiger partial charge in [0.25, 0.3) is 6.47 Å². The number of aromatic nitrogens is 1. The number of hydrogen-bond donors (Lipinski definition) is 2. The molecular formula is C23H31N3O3. The second kappa shape index (κ2) is 11.3. The quantitative estimate of drug-likeness (QED) is 0.732. The van der Waals surface area contributed by atoms with E-state index in [1.54, 1.807) is 6.20 Å². The number of pyridine rings is 1. The molecule has 0 unspecified atom stereocenters. The Bertz CT molecular complexity index is 739. The largest absolute Gasteiger partial charge is 0.462 e. The second-order valence-corrected chi connectivity index (χ2v) is 7.97. The van der Waals surface area contributed by atoms with Crippen molar-refractivity contribution >= 4 is 12.4 Å². The highest BCUT2D eigenvalue weighted by Gasteiger charge is 2.25. The SMILES string of the molecule is CC(C)(C)OC=O.O=C(N[C@@H](Cc1ccccn1)c1ccccc1)[C@@H]1CCCN1. The van der Waals surface area contributed by atoms with Crippen LogP contribution in [0.15, 0.2) is 54.7 Å². The molecule has 1 aromatic carbocycles. The van der Waals surface area contributed by atoms with E-state index in [0.29, 0.717) is 12.9 Å². The zero-order valence-electron chi connectivity index (χ0n) is 17.4. The normalized spacial score (nSPS) is 16.9. The molecule has 1 aliphatic heterocycles. The van der Waals surface area contributed by atoms with E-state index in [4.69, 9.17) is 0 Å². The highest BCUT2D eigenvalue weighted by atomic mass is 16.5. The first-order chi connectivity index (χ1) is 13.9. The molecule has 6 nitrogen and oxygen atoms in total. The topological polar surface area (TPSA) is 80.3 Å². The van der Waals surface area contributed by atoms with Crippen LogP contribution in [0.4, 0.5) is 0 Å². The van der Waals surface area contributed by atoms with Gasteiger partial charge in [0.15, 0.2) is 0 Å². The number of nitrogens with zero attached hydrogens (tertiary/aromatic N) is 1. The highest BCUT2D eigenvalue weighted by molar-refractivity contribution is 5.82. The summed E-state index contributed by atoms with van der Waals surface area (Å²) in [5, 5.41) is 6.43. The maximum absolute atomic E-state index is 12.4. The Morgan fingerprint density at radius 2 is 1.97 bits per heavy atom. The molecule has 156 valence electrons. The van der Waals surface area contributed by atoms with Crippen molar-refractivity contribution in [1.29, 1.82) is 0 Å². The predicted octanol–water partition coefficient (Wildman–Crippen LogP) is 3.19. The second-order valence-electron chi connectivity index (χ2n) is 7.97. The van der Waals surface area contributed by atoms with Crippen LogP contribution in [0.1, 0.15) is 50.9 Å². The van der Waals surface area contributed by atoms with Gasteiger partial charge in [-0.3, -0.25) is 14.6 Å². The Balaban J connectivity index is 0.000000370. The molecule has 2 heterocycles. The molecular weight excluding hydrogens is 366 g/mol. The van der Waals surface area contributed by atoms with Gasteiger partial charge in [0, 0.05) is 18.3 Å². The summed E-state index contributed by atoms with van der Waals surface area (Å²) in [7, 11) is 0. The highest BCUT2D eigenvalue weighted by Crippen LogP contribution is 2.18. The van der Waals surface area contributed by atoms with Crippen molar-refractivity contribution in [2.24, 2.45) is 0 Å². The average Bonchev–Trinajstić information content (AvgIpc) is 3.23. The number of carbonyl (C=O) groups excluding carboxylic acids is 2. The number of rotatable bonds is 6. The summed E-state index contributed by atoms with van der Waals surface area (Å²) in [4.78, 5) is 26.4. The van der Waals surface area contributed by atoms with E-state index >= 15 is 0 Å². The number of nitrogens with one attached hydrogen (secondary N) is 2. The van der Waals surface area contributed by atoms with Crippen LogP contribution in [0.5, 0.6) is 0 Å². The minimum atomic E-state index is -0.318. The van der Waals surface area contributed by atoms with Crippen LogP contribution in [0, 0.1) is 0 Å². The molecule has 6 heteroatoms. The van der Waals surface area contributed by atoms with Gasteiger partial charge in [0.05, 0.1) is 12.1 Å². The first kappa shape index (κ1) is 22.6. The number of hydrogen-bond acceptors (Lipinski definition) is 5. The summed E-state index contributed by atoms with van der Waals surface area (Å²) in [6.07, 6.45) is 4.46. The smallest absolute Gasteiger partial charge is 0.293 e. The Kier molecular flexibility index (Phi) is 8.80. The third kappa shape index (κ3) is 8.44. The molecule has 1 aliphatic rings. The van der Waals surface area contributed by atoms with Gasteiger partial charge in [-0.1, -0.05) is 36.4 Å². The van der Waals surface area contributed by atoms with E-state index in [-0.39, 0.29) is 23.6 Å². The summed E-state index contributed by atoms with van der Waals surface area (Å²) < 4.78 is 4.55. The van der Waals surface area contributed by atoms with E-state index < -0.39 is 0 Å². The molecule has 0 saturated carbocycles. The van der Waals surface area contributed by atoms with Gasteiger partial charge in [-0.2, -0.15) is 0 Å². The average molecular weight is 398 g/mol. The molecule has 2 aromatic rings. The number of carbonyl (C=O) groups is 2. The fourth-order valence-corrected chi connectivity index (χ4v) is 2.99. The fraction of sp³-hybridized carbons (Fsp3) is 0.435. The lowest BCUT2D eigenvalue weighted by Gasteiger charge is -2.21. The minimum absolute atomic E-state index is 0.0500. The van der Waals surface area contributed by atoms with Crippen molar-refractivity contribution in [1.82, 2.24) is 15.6 Å². The van der Waals surface area contributed by atoms with Gasteiger partial charge in [-0.05, 0) is 57.9 Å². The third-order valence-corrected chi connectivity index (χ3v) is 4.44. The molecule has 0 bridgehead atoms. The summed E-state index contributed by atoms with van der Waals surface area (Å²) >= 11 is 0. The van der Waals surface area contributed by atoms with Gasteiger partial charge < -0.3 is 15.4 Å². The van der Waals surface area contributed by atoms with E-state index in [2.05, 4.69) is 32.5 Å². The van der Waals surface area contributed by atoms with Crippen LogP contribution in [0.25, 0.3) is 0 Å². The first-order valence-electron chi connectivity index (χ1n) is 9.99. The van der Waals surface area contributed by atoms with Crippen molar-refractivity contribution < 1.29 is 14.3 Å². The number of ether oxygens (including phenoxy) is 1. The summed E-state index contributed by atoms with van der Waals surface area (Å²) in [5.41, 5.74) is 1.78. The summed E-state index contributed by atoms with van der Waals surface area (Å²) in [6, 6.07) is 15.9. The van der Waals surface area contributed by atoms with E-state index in [1.807, 2.05) is 57.2 Å². The molecule has 3 rings (SSSR count). The summed E-state index contributed by atoms with van der Waals surface area (Å²) in [5.74, 6) is 0.0854. The Labute approximate surface area is 173 Å². The van der Waals surface area contributed by atoms with Crippen molar-refractivity contribution in [3.63, 3.8) is 0 Å². The monoisotopic (exact) mass is 397 g/mol. The minimum Gasteiger partial charge on any atom is -0.462 e. The zero-order valence-corrected chi connectivity index (χ0v) is 17.4. The van der Waals surface area contributed by atoms with Crippen molar-refractivity contribution in [3.05, 3.63) is 66.0 Å². The molecule has 2 N–H and O–H groups in total. The van der Waals surface area contributed by atoms with Crippen LogP contribution in [-0.4, -0.2) is 35.6 Å². The lowest BCUT2D eigenvalue weighted by molar-refractivity contribution is -0.138. The van der Waals surface area contributed by atoms with E-state index in [9.17, 15) is 9.59 Å². The van der Waals surface area contributed by atoms with Crippen LogP contribution in [0.2, 0.25) is 0 Å². The lowest BCUT2D eigenvalue weighted by atomic mass is 10.0. The fourth-order valence-electron chi connectivity index (χ4n) is 2.99. The lowest BCUT2D eigenvalue weighted by Crippen LogP contribution is -2.42. The van der Waals surface area contributed by atoms with Crippen LogP contribution in [-0.2, 0) is 20.7 Å². The number of amides is 1.